The summed E-state index contributed by atoms with van der Waals surface area (Å²) >= 11 is 0. The molecule has 0 rings (SSSR count). The van der Waals surface area contributed by atoms with Gasteiger partial charge in [0.25, 0.3) is 0 Å². The summed E-state index contributed by atoms with van der Waals surface area (Å²) in [6, 6.07) is 0. The summed E-state index contributed by atoms with van der Waals surface area (Å²) in [5.74, 6) is 0. The first-order valence-electron chi connectivity index (χ1n) is 3.20. The van der Waals surface area contributed by atoms with Crippen molar-refractivity contribution in [3.8, 4) is 0 Å². The zero-order chi connectivity index (χ0) is 6.24. The lowest BCUT2D eigenvalue weighted by molar-refractivity contribution is 0.695. The van der Waals surface area contributed by atoms with Gasteiger partial charge >= 0.3 is 0 Å². The molecule has 0 aliphatic heterocycles. The third-order valence-electron chi connectivity index (χ3n) is 1.10. The summed E-state index contributed by atoms with van der Waals surface area (Å²) < 4.78 is 0. The molecule has 0 bridgehead atoms. The van der Waals surface area contributed by atoms with Crippen molar-refractivity contribution in [1.82, 2.24) is 0 Å². The van der Waals surface area contributed by atoms with Gasteiger partial charge in [0.2, 0.25) is 0 Å². The highest BCUT2D eigenvalue weighted by atomic mass is 13.9. The van der Waals surface area contributed by atoms with E-state index in [1.54, 1.807) is 0 Å². The highest BCUT2D eigenvalue weighted by Crippen LogP contribution is 2.01. The standard InChI is InChI=1S/C8H13/c1-3-5-7-8-6-4-2/h4H,1,3,5-8H2. The van der Waals surface area contributed by atoms with Gasteiger partial charge in [0.05, 0.1) is 0 Å². The van der Waals surface area contributed by atoms with E-state index in [4.69, 9.17) is 6.58 Å². The Morgan fingerprint density at radius 3 is 2.50 bits per heavy atom. The molecule has 0 unspecified atom stereocenters. The molecule has 0 heterocycles. The molecular formula is C8H13. The van der Waals surface area contributed by atoms with Gasteiger partial charge in [-0.2, -0.15) is 0 Å². The van der Waals surface area contributed by atoms with Gasteiger partial charge < -0.3 is 0 Å². The fourth-order valence-corrected chi connectivity index (χ4v) is 0.600. The van der Waals surface area contributed by atoms with E-state index in [2.05, 4.69) is 6.92 Å². The largest absolute Gasteiger partial charge is 0.0760 e. The second-order valence-electron chi connectivity index (χ2n) is 1.91. The average Bonchev–Trinajstić information content (AvgIpc) is 1.81. The van der Waals surface area contributed by atoms with Gasteiger partial charge in [-0.05, 0) is 19.4 Å². The highest BCUT2D eigenvalue weighted by molar-refractivity contribution is 4.61. The van der Waals surface area contributed by atoms with Crippen LogP contribution in [-0.4, -0.2) is 0 Å². The number of allylic oxidation sites excluding steroid dienone is 1. The maximum Gasteiger partial charge on any atom is -0.0146 e. The van der Waals surface area contributed by atoms with Crippen LogP contribution < -0.4 is 0 Å². The van der Waals surface area contributed by atoms with E-state index in [1.165, 1.54) is 25.3 Å². The molecule has 0 N–H and O–H groups in total. The van der Waals surface area contributed by atoms with Crippen LogP contribution in [-0.2, 0) is 0 Å². The molecule has 0 amide bonds. The van der Waals surface area contributed by atoms with Crippen molar-refractivity contribution in [3.63, 3.8) is 0 Å². The number of unbranched alkanes of at least 4 members (excludes halogenated alkanes) is 4. The van der Waals surface area contributed by atoms with Gasteiger partial charge in [-0.25, -0.2) is 0 Å². The van der Waals surface area contributed by atoms with E-state index >= 15 is 0 Å². The van der Waals surface area contributed by atoms with Crippen LogP contribution in [0.3, 0.4) is 0 Å². The molecule has 0 spiro atoms. The predicted octanol–water partition coefficient (Wildman–Crippen LogP) is 2.64. The Morgan fingerprint density at radius 1 is 1.25 bits per heavy atom. The van der Waals surface area contributed by atoms with Crippen LogP contribution in [0.1, 0.15) is 32.1 Å². The number of rotatable bonds is 5. The Bertz CT molecular complexity index is 46.0. The van der Waals surface area contributed by atoms with Crippen molar-refractivity contribution in [2.45, 2.75) is 32.1 Å². The topological polar surface area (TPSA) is 0 Å². The van der Waals surface area contributed by atoms with Crippen molar-refractivity contribution in [1.29, 1.82) is 0 Å². The molecule has 0 aromatic rings. The summed E-state index contributed by atoms with van der Waals surface area (Å²) in [5.41, 5.74) is 0. The fourth-order valence-electron chi connectivity index (χ4n) is 0.600. The monoisotopic (exact) mass is 109 g/mol. The van der Waals surface area contributed by atoms with E-state index in [0.717, 1.165) is 12.8 Å². The fraction of sp³-hybridized carbons (Fsp3) is 0.625. The molecular weight excluding hydrogens is 96.1 g/mol. The third kappa shape index (κ3) is 5.74. The maximum absolute atomic E-state index is 6.70. The Balaban J connectivity index is 2.62. The molecule has 3 radical (unpaired) electrons. The van der Waals surface area contributed by atoms with E-state index in [9.17, 15) is 0 Å². The van der Waals surface area contributed by atoms with Crippen molar-refractivity contribution >= 4 is 0 Å². The first-order valence-corrected chi connectivity index (χ1v) is 3.20. The molecule has 8 heavy (non-hydrogen) atoms. The lowest BCUT2D eigenvalue weighted by atomic mass is 10.2. The lowest BCUT2D eigenvalue weighted by Gasteiger charge is -1.91. The van der Waals surface area contributed by atoms with Gasteiger partial charge in [-0.15, -0.1) is 0 Å². The number of hydrogen-bond acceptors (Lipinski definition) is 0. The van der Waals surface area contributed by atoms with E-state index in [1.807, 2.05) is 0 Å². The van der Waals surface area contributed by atoms with Gasteiger partial charge in [-0.1, -0.05) is 32.3 Å². The molecule has 0 aromatic heterocycles. The van der Waals surface area contributed by atoms with Crippen LogP contribution in [0.15, 0.2) is 6.08 Å². The molecule has 0 saturated carbocycles. The lowest BCUT2D eigenvalue weighted by Crippen LogP contribution is -1.72. The van der Waals surface area contributed by atoms with Crippen molar-refractivity contribution < 1.29 is 0 Å². The molecule has 0 aromatic carbocycles. The summed E-state index contributed by atoms with van der Waals surface area (Å²) in [5, 5.41) is 0. The molecule has 0 nitrogen and oxygen atoms in total. The molecule has 0 atom stereocenters. The normalized spacial score (nSPS) is 9.12. The SMILES string of the molecule is [C]=CCCCCC[CH2]. The smallest absolute Gasteiger partial charge is 0.0146 e. The average molecular weight is 109 g/mol. The van der Waals surface area contributed by atoms with Crippen molar-refractivity contribution in [2.75, 3.05) is 0 Å². The van der Waals surface area contributed by atoms with Crippen LogP contribution in [0.4, 0.5) is 0 Å². The summed E-state index contributed by atoms with van der Waals surface area (Å²) in [7, 11) is 0. The van der Waals surface area contributed by atoms with E-state index < -0.39 is 0 Å². The third-order valence-corrected chi connectivity index (χ3v) is 1.10. The summed E-state index contributed by atoms with van der Waals surface area (Å²) in [4.78, 5) is 0. The quantitative estimate of drug-likeness (QED) is 0.476. The molecule has 0 heteroatoms. The maximum atomic E-state index is 6.70. The molecule has 0 aliphatic carbocycles. The minimum Gasteiger partial charge on any atom is -0.0760 e. The molecule has 45 valence electrons. The first kappa shape index (κ1) is 7.74. The van der Waals surface area contributed by atoms with Gasteiger partial charge in [0.15, 0.2) is 0 Å². The van der Waals surface area contributed by atoms with Crippen LogP contribution in [0, 0.1) is 13.5 Å². The van der Waals surface area contributed by atoms with Crippen molar-refractivity contribution in [3.05, 3.63) is 19.6 Å². The van der Waals surface area contributed by atoms with Gasteiger partial charge in [0, 0.05) is 0 Å². The number of hydrogen-bond donors (Lipinski definition) is 0. The summed E-state index contributed by atoms with van der Waals surface area (Å²) in [6.07, 6.45) is 7.08. The van der Waals surface area contributed by atoms with Crippen LogP contribution in [0.2, 0.25) is 0 Å². The zero-order valence-corrected chi connectivity index (χ0v) is 5.32. The van der Waals surface area contributed by atoms with E-state index in [0.29, 0.717) is 0 Å². The minimum atomic E-state index is 0.944. The van der Waals surface area contributed by atoms with E-state index in [-0.39, 0.29) is 0 Å². The molecule has 0 saturated heterocycles. The minimum absolute atomic E-state index is 0.944. The Morgan fingerprint density at radius 2 is 2.00 bits per heavy atom. The predicted molar refractivity (Wildman–Crippen MR) is 36.3 cm³/mol. The van der Waals surface area contributed by atoms with Gasteiger partial charge in [0.1, 0.15) is 0 Å². The molecule has 0 fully saturated rings. The summed E-state index contributed by atoms with van der Waals surface area (Å²) in [6.45, 7) is 10.4. The second-order valence-corrected chi connectivity index (χ2v) is 1.91. The van der Waals surface area contributed by atoms with Crippen LogP contribution >= 0.6 is 0 Å². The zero-order valence-electron chi connectivity index (χ0n) is 5.32. The first-order chi connectivity index (χ1) is 3.91. The van der Waals surface area contributed by atoms with Crippen molar-refractivity contribution in [2.24, 2.45) is 0 Å². The van der Waals surface area contributed by atoms with Gasteiger partial charge in [-0.3, -0.25) is 0 Å². The van der Waals surface area contributed by atoms with Crippen LogP contribution in [0.5, 0.6) is 0 Å². The Kier molecular flexibility index (Phi) is 6.52. The van der Waals surface area contributed by atoms with Crippen LogP contribution in [0.25, 0.3) is 0 Å². The Hall–Kier alpha value is -0.260. The Labute approximate surface area is 52.6 Å². The molecule has 0 aliphatic rings. The highest BCUT2D eigenvalue weighted by Gasteiger charge is 1.81. The second kappa shape index (κ2) is 6.74.